The second-order valence-corrected chi connectivity index (χ2v) is 7.75. The van der Waals surface area contributed by atoms with Gasteiger partial charge in [-0.2, -0.15) is 13.5 Å². The first-order valence-corrected chi connectivity index (χ1v) is 9.23. The average Bonchev–Trinajstić information content (AvgIpc) is 3.33. The normalized spacial score (nSPS) is 14.9. The maximum atomic E-state index is 13.4. The molecule has 4 rings (SSSR count). The highest BCUT2D eigenvalue weighted by molar-refractivity contribution is 7.93. The first-order valence-electron chi connectivity index (χ1n) is 7.79. The van der Waals surface area contributed by atoms with E-state index < -0.39 is 10.0 Å². The summed E-state index contributed by atoms with van der Waals surface area (Å²) in [5.74, 6) is 0.567. The van der Waals surface area contributed by atoms with E-state index in [-0.39, 0.29) is 11.0 Å². The van der Waals surface area contributed by atoms with E-state index in [1.165, 1.54) is 8.99 Å². The third kappa shape index (κ3) is 2.52. The van der Waals surface area contributed by atoms with Gasteiger partial charge in [-0.1, -0.05) is 12.1 Å². The first kappa shape index (κ1) is 15.1. The SMILES string of the molecule is Cn1nc2ccccc2c1S(=O)(=O)N(CC1CC1)c1ncccn1. The Hall–Kier alpha value is -2.48. The van der Waals surface area contributed by atoms with Gasteiger partial charge in [0.05, 0.1) is 5.52 Å². The smallest absolute Gasteiger partial charge is 0.255 e. The third-order valence-corrected chi connectivity index (χ3v) is 5.98. The lowest BCUT2D eigenvalue weighted by Crippen LogP contribution is -2.35. The minimum atomic E-state index is -3.81. The Morgan fingerprint density at radius 1 is 1.17 bits per heavy atom. The maximum Gasteiger partial charge on any atom is 0.284 e. The lowest BCUT2D eigenvalue weighted by atomic mass is 10.3. The predicted molar refractivity (Wildman–Crippen MR) is 90.0 cm³/mol. The van der Waals surface area contributed by atoms with Gasteiger partial charge in [-0.15, -0.1) is 0 Å². The highest BCUT2D eigenvalue weighted by atomic mass is 32.2. The van der Waals surface area contributed by atoms with Crippen molar-refractivity contribution in [2.24, 2.45) is 13.0 Å². The van der Waals surface area contributed by atoms with Crippen LogP contribution in [0.2, 0.25) is 0 Å². The number of benzene rings is 1. The molecule has 0 aliphatic heterocycles. The Labute approximate surface area is 140 Å². The molecule has 2 heterocycles. The second kappa shape index (κ2) is 5.55. The maximum absolute atomic E-state index is 13.4. The second-order valence-electron chi connectivity index (χ2n) is 5.97. The zero-order chi connectivity index (χ0) is 16.7. The Balaban J connectivity index is 1.88. The van der Waals surface area contributed by atoms with Gasteiger partial charge >= 0.3 is 0 Å². The Morgan fingerprint density at radius 2 is 1.88 bits per heavy atom. The summed E-state index contributed by atoms with van der Waals surface area (Å²) in [4.78, 5) is 8.30. The molecule has 1 aliphatic rings. The fraction of sp³-hybridized carbons (Fsp3) is 0.312. The molecule has 124 valence electrons. The minimum absolute atomic E-state index is 0.172. The van der Waals surface area contributed by atoms with E-state index in [4.69, 9.17) is 0 Å². The van der Waals surface area contributed by atoms with Crippen LogP contribution in [-0.2, 0) is 17.1 Å². The van der Waals surface area contributed by atoms with Crippen molar-refractivity contribution in [1.82, 2.24) is 19.7 Å². The number of anilines is 1. The molecule has 3 aromatic rings. The highest BCUT2D eigenvalue weighted by Crippen LogP contribution is 2.34. The van der Waals surface area contributed by atoms with Crippen LogP contribution in [-0.4, -0.2) is 34.7 Å². The molecule has 0 saturated heterocycles. The van der Waals surface area contributed by atoms with E-state index in [2.05, 4.69) is 15.1 Å². The molecule has 0 bridgehead atoms. The largest absolute Gasteiger partial charge is 0.284 e. The number of aromatic nitrogens is 4. The predicted octanol–water partition coefficient (Wildman–Crippen LogP) is 1.97. The monoisotopic (exact) mass is 343 g/mol. The highest BCUT2D eigenvalue weighted by Gasteiger charge is 2.36. The molecule has 0 radical (unpaired) electrons. The summed E-state index contributed by atoms with van der Waals surface area (Å²) in [6.45, 7) is 0.395. The van der Waals surface area contributed by atoms with E-state index in [1.807, 2.05) is 12.1 Å². The van der Waals surface area contributed by atoms with E-state index in [9.17, 15) is 8.42 Å². The fourth-order valence-electron chi connectivity index (χ4n) is 2.78. The van der Waals surface area contributed by atoms with E-state index in [0.29, 0.717) is 23.4 Å². The number of sulfonamides is 1. The zero-order valence-corrected chi connectivity index (χ0v) is 14.0. The van der Waals surface area contributed by atoms with Crippen molar-refractivity contribution >= 4 is 26.9 Å². The zero-order valence-electron chi connectivity index (χ0n) is 13.2. The van der Waals surface area contributed by atoms with Crippen LogP contribution in [0.4, 0.5) is 5.95 Å². The molecule has 0 unspecified atom stereocenters. The van der Waals surface area contributed by atoms with Crippen LogP contribution < -0.4 is 4.31 Å². The van der Waals surface area contributed by atoms with Gasteiger partial charge in [0.25, 0.3) is 10.0 Å². The van der Waals surface area contributed by atoms with Crippen molar-refractivity contribution < 1.29 is 8.42 Å². The van der Waals surface area contributed by atoms with Crippen molar-refractivity contribution in [3.8, 4) is 0 Å². The molecule has 1 saturated carbocycles. The van der Waals surface area contributed by atoms with Crippen LogP contribution in [0, 0.1) is 5.92 Å². The fourth-order valence-corrected chi connectivity index (χ4v) is 4.53. The molecule has 1 aromatic carbocycles. The lowest BCUT2D eigenvalue weighted by molar-refractivity contribution is 0.570. The average molecular weight is 343 g/mol. The van der Waals surface area contributed by atoms with E-state index >= 15 is 0 Å². The molecule has 8 heteroatoms. The number of nitrogens with zero attached hydrogens (tertiary/aromatic N) is 5. The minimum Gasteiger partial charge on any atom is -0.255 e. The quantitative estimate of drug-likeness (QED) is 0.707. The first-order chi connectivity index (χ1) is 11.6. The summed E-state index contributed by atoms with van der Waals surface area (Å²) < 4.78 is 29.5. The molecule has 7 nitrogen and oxygen atoms in total. The Bertz CT molecular complexity index is 980. The molecular formula is C16H17N5O2S. The van der Waals surface area contributed by atoms with Gasteiger partial charge in [-0.3, -0.25) is 4.68 Å². The Morgan fingerprint density at radius 3 is 2.58 bits per heavy atom. The van der Waals surface area contributed by atoms with Crippen LogP contribution in [0.25, 0.3) is 10.9 Å². The van der Waals surface area contributed by atoms with Gasteiger partial charge < -0.3 is 0 Å². The van der Waals surface area contributed by atoms with Crippen LogP contribution in [0.1, 0.15) is 12.8 Å². The number of hydrogen-bond donors (Lipinski definition) is 0. The molecule has 0 amide bonds. The van der Waals surface area contributed by atoms with Crippen molar-refractivity contribution in [2.75, 3.05) is 10.8 Å². The standard InChI is InChI=1S/C16H17N5O2S/c1-20-15(13-5-2-3-6-14(13)19-20)24(22,23)21(11-12-7-8-12)16-17-9-4-10-18-16/h2-6,9-10,12H,7-8,11H2,1H3. The number of rotatable bonds is 5. The molecule has 2 aromatic heterocycles. The number of fused-ring (bicyclic) bond motifs is 1. The number of aryl methyl sites for hydroxylation is 1. The summed E-state index contributed by atoms with van der Waals surface area (Å²) >= 11 is 0. The Kier molecular flexibility index (Phi) is 3.49. The van der Waals surface area contributed by atoms with Gasteiger partial charge in [0.1, 0.15) is 0 Å². The summed E-state index contributed by atoms with van der Waals surface area (Å²) in [6.07, 6.45) is 5.17. The van der Waals surface area contributed by atoms with Crippen LogP contribution in [0.3, 0.4) is 0 Å². The third-order valence-electron chi connectivity index (χ3n) is 4.12. The summed E-state index contributed by atoms with van der Waals surface area (Å²) in [7, 11) is -2.17. The van der Waals surface area contributed by atoms with Crippen LogP contribution >= 0.6 is 0 Å². The molecule has 0 N–H and O–H groups in total. The van der Waals surface area contributed by atoms with Gasteiger partial charge in [0, 0.05) is 31.4 Å². The molecule has 1 fully saturated rings. The van der Waals surface area contributed by atoms with Gasteiger partial charge in [0.2, 0.25) is 5.95 Å². The van der Waals surface area contributed by atoms with Crippen molar-refractivity contribution in [3.05, 3.63) is 42.7 Å². The topological polar surface area (TPSA) is 81.0 Å². The van der Waals surface area contributed by atoms with E-state index in [1.54, 1.807) is 37.6 Å². The summed E-state index contributed by atoms with van der Waals surface area (Å²) in [5.41, 5.74) is 0.652. The van der Waals surface area contributed by atoms with Crippen molar-refractivity contribution in [2.45, 2.75) is 17.9 Å². The molecule has 1 aliphatic carbocycles. The van der Waals surface area contributed by atoms with Crippen molar-refractivity contribution in [1.29, 1.82) is 0 Å². The molecule has 0 atom stereocenters. The van der Waals surface area contributed by atoms with Crippen LogP contribution in [0.5, 0.6) is 0 Å². The van der Waals surface area contributed by atoms with Crippen LogP contribution in [0.15, 0.2) is 47.8 Å². The van der Waals surface area contributed by atoms with Gasteiger partial charge in [-0.05, 0) is 37.0 Å². The molecular weight excluding hydrogens is 326 g/mol. The molecule has 0 spiro atoms. The van der Waals surface area contributed by atoms with Gasteiger partial charge in [-0.25, -0.2) is 14.3 Å². The number of hydrogen-bond acceptors (Lipinski definition) is 5. The lowest BCUT2D eigenvalue weighted by Gasteiger charge is -2.22. The molecule has 24 heavy (non-hydrogen) atoms. The van der Waals surface area contributed by atoms with E-state index in [0.717, 1.165) is 12.8 Å². The van der Waals surface area contributed by atoms with Gasteiger partial charge in [0.15, 0.2) is 5.03 Å². The summed E-state index contributed by atoms with van der Waals surface area (Å²) in [6, 6.07) is 8.90. The van der Waals surface area contributed by atoms with Crippen molar-refractivity contribution in [3.63, 3.8) is 0 Å². The summed E-state index contributed by atoms with van der Waals surface area (Å²) in [5, 5.41) is 5.10.